The molecule has 21 heavy (non-hydrogen) atoms. The fraction of sp³-hybridized carbons (Fsp3) is 0.357. The Morgan fingerprint density at radius 2 is 2.19 bits per heavy atom. The summed E-state index contributed by atoms with van der Waals surface area (Å²) in [6.07, 6.45) is 0.878. The summed E-state index contributed by atoms with van der Waals surface area (Å²) in [6, 6.07) is 5.78. The van der Waals surface area contributed by atoms with Crippen molar-refractivity contribution in [3.63, 3.8) is 0 Å². The van der Waals surface area contributed by atoms with Gasteiger partial charge in [0.25, 0.3) is 10.0 Å². The molecule has 1 aromatic heterocycles. The highest BCUT2D eigenvalue weighted by Crippen LogP contribution is 2.26. The summed E-state index contributed by atoms with van der Waals surface area (Å²) < 4.78 is 33.0. The normalized spacial score (nSPS) is 14.0. The van der Waals surface area contributed by atoms with Crippen LogP contribution in [0.5, 0.6) is 5.75 Å². The van der Waals surface area contributed by atoms with Crippen LogP contribution < -0.4 is 9.46 Å². The van der Waals surface area contributed by atoms with Crippen molar-refractivity contribution in [1.29, 1.82) is 0 Å². The Kier molecular flexibility index (Phi) is 3.73. The molecule has 0 saturated carbocycles. The third kappa shape index (κ3) is 2.95. The van der Waals surface area contributed by atoms with E-state index in [1.54, 1.807) is 13.8 Å². The maximum Gasteiger partial charge on any atom is 0.252 e. The lowest BCUT2D eigenvalue weighted by Gasteiger charge is -2.07. The molecule has 2 aromatic rings. The minimum Gasteiger partial charge on any atom is -0.493 e. The van der Waals surface area contributed by atoms with E-state index in [-0.39, 0.29) is 6.54 Å². The van der Waals surface area contributed by atoms with E-state index < -0.39 is 10.0 Å². The van der Waals surface area contributed by atoms with Gasteiger partial charge in [0.05, 0.1) is 17.3 Å². The van der Waals surface area contributed by atoms with Gasteiger partial charge in [-0.3, -0.25) is 0 Å². The van der Waals surface area contributed by atoms with Gasteiger partial charge in [-0.15, -0.1) is 11.3 Å². The molecule has 1 N–H and O–H groups in total. The van der Waals surface area contributed by atoms with E-state index in [1.807, 2.05) is 18.2 Å². The van der Waals surface area contributed by atoms with E-state index in [1.165, 1.54) is 11.3 Å². The van der Waals surface area contributed by atoms with Crippen molar-refractivity contribution < 1.29 is 13.2 Å². The maximum atomic E-state index is 12.3. The van der Waals surface area contributed by atoms with Gasteiger partial charge >= 0.3 is 0 Å². The highest BCUT2D eigenvalue weighted by Gasteiger charge is 2.21. The lowest BCUT2D eigenvalue weighted by molar-refractivity contribution is 0.357. The van der Waals surface area contributed by atoms with Crippen LogP contribution in [0.4, 0.5) is 0 Å². The Morgan fingerprint density at radius 1 is 1.38 bits per heavy atom. The topological polar surface area (TPSA) is 68.3 Å². The molecule has 1 aliphatic rings. The molecule has 0 spiro atoms. The van der Waals surface area contributed by atoms with Crippen LogP contribution in [0.2, 0.25) is 0 Å². The molecule has 0 amide bonds. The van der Waals surface area contributed by atoms with Crippen LogP contribution >= 0.6 is 11.3 Å². The fourth-order valence-electron chi connectivity index (χ4n) is 2.36. The molecule has 0 radical (unpaired) electrons. The average molecular weight is 324 g/mol. The van der Waals surface area contributed by atoms with Gasteiger partial charge in [0.1, 0.15) is 5.75 Å². The van der Waals surface area contributed by atoms with Crippen molar-refractivity contribution in [3.8, 4) is 5.75 Å². The molecule has 0 saturated heterocycles. The molecule has 0 aliphatic carbocycles. The molecule has 2 heterocycles. The third-order valence-corrected chi connectivity index (χ3v) is 6.41. The van der Waals surface area contributed by atoms with Crippen molar-refractivity contribution in [2.75, 3.05) is 6.61 Å². The van der Waals surface area contributed by atoms with Gasteiger partial charge in [-0.05, 0) is 31.0 Å². The maximum absolute atomic E-state index is 12.3. The van der Waals surface area contributed by atoms with Gasteiger partial charge < -0.3 is 4.74 Å². The Hall–Kier alpha value is -1.44. The summed E-state index contributed by atoms with van der Waals surface area (Å²) in [6.45, 7) is 4.48. The Bertz CT molecular complexity index is 782. The molecular weight excluding hydrogens is 308 g/mol. The van der Waals surface area contributed by atoms with Gasteiger partial charge in [-0.2, -0.15) is 0 Å². The molecule has 1 aliphatic heterocycles. The van der Waals surface area contributed by atoms with Gasteiger partial charge in [-0.1, -0.05) is 12.1 Å². The molecule has 112 valence electrons. The number of nitrogens with one attached hydrogen (secondary N) is 1. The highest BCUT2D eigenvalue weighted by molar-refractivity contribution is 7.91. The summed E-state index contributed by atoms with van der Waals surface area (Å²) in [5.41, 5.74) is 2.62. The van der Waals surface area contributed by atoms with Gasteiger partial charge in [0, 0.05) is 13.0 Å². The van der Waals surface area contributed by atoms with Crippen LogP contribution in [0, 0.1) is 13.8 Å². The molecular formula is C14H16N2O3S2. The molecule has 1 aromatic carbocycles. The van der Waals surface area contributed by atoms with Crippen molar-refractivity contribution in [1.82, 2.24) is 9.71 Å². The highest BCUT2D eigenvalue weighted by atomic mass is 32.2. The second kappa shape index (κ2) is 5.40. The molecule has 3 rings (SSSR count). The lowest BCUT2D eigenvalue weighted by atomic mass is 10.1. The van der Waals surface area contributed by atoms with Crippen molar-refractivity contribution in [2.45, 2.75) is 31.0 Å². The second-order valence-electron chi connectivity index (χ2n) is 4.97. The SMILES string of the molecule is Cc1nc(C)c(S(=O)(=O)NCc2ccc3c(c2)CCO3)s1. The van der Waals surface area contributed by atoms with Gasteiger partial charge in [0.2, 0.25) is 0 Å². The minimum atomic E-state index is -3.51. The largest absolute Gasteiger partial charge is 0.493 e. The van der Waals surface area contributed by atoms with Crippen LogP contribution in [0.25, 0.3) is 0 Å². The van der Waals surface area contributed by atoms with E-state index in [4.69, 9.17) is 4.74 Å². The number of aryl methyl sites for hydroxylation is 2. The number of nitrogens with zero attached hydrogens (tertiary/aromatic N) is 1. The van der Waals surface area contributed by atoms with Crippen molar-refractivity contribution in [2.24, 2.45) is 0 Å². The number of fused-ring (bicyclic) bond motifs is 1. The Balaban J connectivity index is 1.76. The second-order valence-corrected chi connectivity index (χ2v) is 8.14. The smallest absolute Gasteiger partial charge is 0.252 e. The molecule has 0 fully saturated rings. The number of benzene rings is 1. The number of sulfonamides is 1. The van der Waals surface area contributed by atoms with Crippen molar-refractivity contribution >= 4 is 21.4 Å². The number of rotatable bonds is 4. The van der Waals surface area contributed by atoms with E-state index in [0.29, 0.717) is 16.5 Å². The van der Waals surface area contributed by atoms with E-state index >= 15 is 0 Å². The van der Waals surface area contributed by atoms with Crippen LogP contribution in [0.1, 0.15) is 21.8 Å². The fourth-order valence-corrected chi connectivity index (χ4v) is 4.90. The van der Waals surface area contributed by atoms with Crippen LogP contribution in [0.3, 0.4) is 0 Å². The molecule has 5 nitrogen and oxygen atoms in total. The average Bonchev–Trinajstić information content (AvgIpc) is 3.02. The Labute approximate surface area is 128 Å². The minimum absolute atomic E-state index is 0.270. The summed E-state index contributed by atoms with van der Waals surface area (Å²) in [5, 5.41) is 0.752. The Morgan fingerprint density at radius 3 is 2.90 bits per heavy atom. The van der Waals surface area contributed by atoms with Crippen LogP contribution in [-0.2, 0) is 23.0 Å². The number of hydrogen-bond donors (Lipinski definition) is 1. The first-order valence-electron chi connectivity index (χ1n) is 6.64. The standard InChI is InChI=1S/C14H16N2O3S2/c1-9-14(20-10(2)16-9)21(17,18)15-8-11-3-4-13-12(7-11)5-6-19-13/h3-4,7,15H,5-6,8H2,1-2H3. The quantitative estimate of drug-likeness (QED) is 0.936. The predicted molar refractivity (Wildman–Crippen MR) is 81.3 cm³/mol. The summed E-state index contributed by atoms with van der Waals surface area (Å²) >= 11 is 1.19. The molecule has 0 unspecified atom stereocenters. The first-order valence-corrected chi connectivity index (χ1v) is 8.94. The van der Waals surface area contributed by atoms with Crippen LogP contribution in [0.15, 0.2) is 22.4 Å². The zero-order valence-electron chi connectivity index (χ0n) is 11.8. The molecule has 0 bridgehead atoms. The zero-order valence-corrected chi connectivity index (χ0v) is 13.5. The van der Waals surface area contributed by atoms with E-state index in [0.717, 1.165) is 28.3 Å². The van der Waals surface area contributed by atoms with Crippen molar-refractivity contribution in [3.05, 3.63) is 40.0 Å². The zero-order chi connectivity index (χ0) is 15.0. The number of aromatic nitrogens is 1. The monoisotopic (exact) mass is 324 g/mol. The first kappa shape index (κ1) is 14.5. The molecule has 7 heteroatoms. The van der Waals surface area contributed by atoms with Crippen LogP contribution in [-0.4, -0.2) is 20.0 Å². The number of hydrogen-bond acceptors (Lipinski definition) is 5. The third-order valence-electron chi connectivity index (χ3n) is 3.33. The summed E-state index contributed by atoms with van der Waals surface area (Å²) in [4.78, 5) is 4.16. The summed E-state index contributed by atoms with van der Waals surface area (Å²) in [7, 11) is -3.51. The lowest BCUT2D eigenvalue weighted by Crippen LogP contribution is -2.23. The van der Waals surface area contributed by atoms with Gasteiger partial charge in [-0.25, -0.2) is 18.1 Å². The number of ether oxygens (including phenoxy) is 1. The van der Waals surface area contributed by atoms with E-state index in [9.17, 15) is 8.42 Å². The predicted octanol–water partition coefficient (Wildman–Crippen LogP) is 2.17. The first-order chi connectivity index (χ1) is 9.95. The molecule has 0 atom stereocenters. The number of thiazole rings is 1. The summed E-state index contributed by atoms with van der Waals surface area (Å²) in [5.74, 6) is 0.899. The van der Waals surface area contributed by atoms with Gasteiger partial charge in [0.15, 0.2) is 4.21 Å². The van der Waals surface area contributed by atoms with E-state index in [2.05, 4.69) is 9.71 Å².